The third-order valence-corrected chi connectivity index (χ3v) is 10.8. The monoisotopic (exact) mass is 997 g/mol. The normalized spacial score (nSPS) is 16.6. The zero-order chi connectivity index (χ0) is 53.6. The number of carboxylic acids is 2. The molecule has 0 aromatic carbocycles. The van der Waals surface area contributed by atoms with Crippen LogP contribution in [0.15, 0.2) is 4.99 Å². The van der Waals surface area contributed by atoms with Gasteiger partial charge in [0.15, 0.2) is 5.96 Å². The fourth-order valence-electron chi connectivity index (χ4n) is 7.05. The molecule has 0 aromatic heterocycles. The zero-order valence-corrected chi connectivity index (χ0v) is 40.4. The zero-order valence-electron chi connectivity index (χ0n) is 40.4. The minimum absolute atomic E-state index is 0.0186. The van der Waals surface area contributed by atoms with Gasteiger partial charge in [0.25, 0.3) is 0 Å². The lowest BCUT2D eigenvalue weighted by Gasteiger charge is -2.30. The predicted molar refractivity (Wildman–Crippen MR) is 249 cm³/mol. The molecule has 0 aliphatic carbocycles. The highest BCUT2D eigenvalue weighted by molar-refractivity contribution is 5.99. The molecule has 0 spiro atoms. The number of likely N-dealkylation sites (tertiary alicyclic amines) is 1. The average molecular weight is 997 g/mol. The predicted octanol–water partition coefficient (Wildman–Crippen LogP) is -5.42. The molecule has 28 heteroatoms. The van der Waals surface area contributed by atoms with E-state index in [9.17, 15) is 67.7 Å². The standard InChI is InChI=1S/C42H72N14O14/c1-19(2)17-26(37(65)52-25(12-14-30(45)58)35(63)51-23(9-7-15-48-42(46)47)36(64)55-32(20(3)4)41(69)70)53-38(66)27(18-31(59)60)54-39(67)28-10-8-16-56(28)40(68)22(6)49-34(62)24(11-13-29(44)57)50-33(61)21(5)43/h19-28,32H,7-18,43H2,1-6H3,(H2,44,57)(H2,45,58)(H,49,62)(H,50,61)(H,51,63)(H,52,65)(H,53,66)(H,54,67)(H,55,64)(H,59,60)(H,69,70)(H4,46,47,48)/t21-,22-,23-,24-,25-,26-,27-,28-,32-/m0/s1. The van der Waals surface area contributed by atoms with Crippen molar-refractivity contribution in [3.63, 3.8) is 0 Å². The maximum Gasteiger partial charge on any atom is 0.326 e. The molecule has 1 saturated heterocycles. The summed E-state index contributed by atoms with van der Waals surface area (Å²) in [5, 5.41) is 36.3. The first kappa shape index (κ1) is 60.9. The van der Waals surface area contributed by atoms with Crippen LogP contribution in [0, 0.1) is 11.8 Å². The molecular weight excluding hydrogens is 925 g/mol. The second kappa shape index (κ2) is 29.7. The van der Waals surface area contributed by atoms with Gasteiger partial charge in [-0.15, -0.1) is 0 Å². The van der Waals surface area contributed by atoms with Gasteiger partial charge in [-0.1, -0.05) is 27.7 Å². The molecule has 0 bridgehead atoms. The van der Waals surface area contributed by atoms with Crippen molar-refractivity contribution in [2.24, 2.45) is 45.5 Å². The van der Waals surface area contributed by atoms with Crippen molar-refractivity contribution in [2.75, 3.05) is 13.1 Å². The number of hydrogen-bond acceptors (Lipinski definition) is 14. The molecule has 70 heavy (non-hydrogen) atoms. The summed E-state index contributed by atoms with van der Waals surface area (Å²) in [4.78, 5) is 160. The third-order valence-electron chi connectivity index (χ3n) is 10.8. The Labute approximate surface area is 404 Å². The van der Waals surface area contributed by atoms with Gasteiger partial charge in [0.1, 0.15) is 48.3 Å². The van der Waals surface area contributed by atoms with E-state index in [1.165, 1.54) is 13.8 Å². The lowest BCUT2D eigenvalue weighted by atomic mass is 10.0. The third kappa shape index (κ3) is 21.9. The Morgan fingerprint density at radius 1 is 0.614 bits per heavy atom. The first-order valence-electron chi connectivity index (χ1n) is 22.8. The number of carbonyl (C=O) groups is 12. The Morgan fingerprint density at radius 3 is 1.56 bits per heavy atom. The molecule has 1 rings (SSSR count). The first-order chi connectivity index (χ1) is 32.5. The molecule has 394 valence electrons. The van der Waals surface area contributed by atoms with Crippen LogP contribution in [0.25, 0.3) is 0 Å². The smallest absolute Gasteiger partial charge is 0.326 e. The van der Waals surface area contributed by atoms with Gasteiger partial charge in [0.05, 0.1) is 12.5 Å². The van der Waals surface area contributed by atoms with Crippen molar-refractivity contribution in [2.45, 2.75) is 160 Å². The van der Waals surface area contributed by atoms with Crippen LogP contribution in [-0.2, 0) is 57.5 Å². The number of nitrogens with two attached hydrogens (primary N) is 5. The molecule has 0 radical (unpaired) electrons. The van der Waals surface area contributed by atoms with Crippen molar-refractivity contribution in [3.05, 3.63) is 0 Å². The lowest BCUT2D eigenvalue weighted by Crippen LogP contribution is -2.60. The number of guanidine groups is 1. The number of primary amides is 2. The molecule has 0 saturated carbocycles. The van der Waals surface area contributed by atoms with Crippen molar-refractivity contribution in [1.82, 2.24) is 42.1 Å². The van der Waals surface area contributed by atoms with Crippen LogP contribution in [0.2, 0.25) is 0 Å². The van der Waals surface area contributed by atoms with Gasteiger partial charge in [-0.2, -0.15) is 0 Å². The Kier molecular flexibility index (Phi) is 25.8. The number of nitrogens with one attached hydrogen (secondary N) is 7. The molecule has 9 atom stereocenters. The average Bonchev–Trinajstić information content (AvgIpc) is 3.75. The van der Waals surface area contributed by atoms with E-state index in [1.54, 1.807) is 27.7 Å². The molecule has 1 heterocycles. The molecule has 28 nitrogen and oxygen atoms in total. The molecular formula is C42H72N14O14. The van der Waals surface area contributed by atoms with Crippen LogP contribution in [0.1, 0.15) is 106 Å². The van der Waals surface area contributed by atoms with E-state index in [4.69, 9.17) is 28.7 Å². The van der Waals surface area contributed by atoms with Gasteiger partial charge in [-0.3, -0.25) is 57.7 Å². The van der Waals surface area contributed by atoms with Gasteiger partial charge in [-0.25, -0.2) is 4.79 Å². The van der Waals surface area contributed by atoms with E-state index in [0.717, 1.165) is 4.90 Å². The van der Waals surface area contributed by atoms with E-state index in [0.29, 0.717) is 0 Å². The van der Waals surface area contributed by atoms with Crippen LogP contribution in [0.5, 0.6) is 0 Å². The molecule has 0 unspecified atom stereocenters. The second-order valence-corrected chi connectivity index (χ2v) is 17.8. The number of hydrogen-bond donors (Lipinski definition) is 14. The number of aliphatic carboxylic acids is 2. The van der Waals surface area contributed by atoms with Crippen LogP contribution in [0.4, 0.5) is 0 Å². The van der Waals surface area contributed by atoms with Gasteiger partial charge in [-0.05, 0) is 70.6 Å². The summed E-state index contributed by atoms with van der Waals surface area (Å²) in [7, 11) is 0. The summed E-state index contributed by atoms with van der Waals surface area (Å²) in [5.74, 6) is -12.9. The summed E-state index contributed by atoms with van der Waals surface area (Å²) < 4.78 is 0. The van der Waals surface area contributed by atoms with Crippen molar-refractivity contribution in [3.8, 4) is 0 Å². The second-order valence-electron chi connectivity index (χ2n) is 17.8. The van der Waals surface area contributed by atoms with Crippen molar-refractivity contribution >= 4 is 77.0 Å². The molecule has 1 aliphatic heterocycles. The maximum absolute atomic E-state index is 14.0. The topological polar surface area (TPSA) is 475 Å². The van der Waals surface area contributed by atoms with E-state index in [1.807, 2.05) is 0 Å². The van der Waals surface area contributed by atoms with Crippen LogP contribution < -0.4 is 65.9 Å². The summed E-state index contributed by atoms with van der Waals surface area (Å²) in [6.07, 6.45) is -2.09. The Morgan fingerprint density at radius 2 is 1.09 bits per heavy atom. The maximum atomic E-state index is 14.0. The molecule has 10 amide bonds. The van der Waals surface area contributed by atoms with E-state index in [-0.39, 0.29) is 69.9 Å². The number of carbonyl (C=O) groups excluding carboxylic acids is 10. The first-order valence-corrected chi connectivity index (χ1v) is 22.8. The van der Waals surface area contributed by atoms with Gasteiger partial charge in [0, 0.05) is 25.9 Å². The van der Waals surface area contributed by atoms with E-state index < -0.39 is 151 Å². The number of rotatable bonds is 31. The fourth-order valence-corrected chi connectivity index (χ4v) is 7.05. The Bertz CT molecular complexity index is 1940. The summed E-state index contributed by atoms with van der Waals surface area (Å²) >= 11 is 0. The quantitative estimate of drug-likeness (QED) is 0.0175. The SMILES string of the molecule is CC(C)C[C@H](NC(=O)[C@H](CC(=O)O)NC(=O)[C@@H]1CCCN1C(=O)[C@H](C)NC(=O)[C@H](CCC(N)=O)NC(=O)[C@H](C)N)C(=O)N[C@@H](CCC(N)=O)C(=O)N[C@@H](CCCN=C(N)N)C(=O)N[C@H](C(=O)O)C(C)C. The summed E-state index contributed by atoms with van der Waals surface area (Å²) in [5.41, 5.74) is 26.9. The van der Waals surface area contributed by atoms with Crippen LogP contribution >= 0.6 is 0 Å². The largest absolute Gasteiger partial charge is 0.481 e. The lowest BCUT2D eigenvalue weighted by molar-refractivity contribution is -0.144. The molecule has 1 aliphatic rings. The highest BCUT2D eigenvalue weighted by atomic mass is 16.4. The molecule has 19 N–H and O–H groups in total. The van der Waals surface area contributed by atoms with Crippen LogP contribution in [-0.4, -0.2) is 160 Å². The van der Waals surface area contributed by atoms with Crippen molar-refractivity contribution < 1.29 is 67.7 Å². The minimum atomic E-state index is -1.82. The Hall–Kier alpha value is -7.13. The number of carboxylic acid groups (broad SMARTS) is 2. The Balaban J connectivity index is 3.37. The van der Waals surface area contributed by atoms with Gasteiger partial charge in [0.2, 0.25) is 59.1 Å². The van der Waals surface area contributed by atoms with Gasteiger partial charge >= 0.3 is 11.9 Å². The molecule has 1 fully saturated rings. The number of amides is 10. The highest BCUT2D eigenvalue weighted by Gasteiger charge is 2.40. The van der Waals surface area contributed by atoms with Crippen molar-refractivity contribution in [1.29, 1.82) is 0 Å². The summed E-state index contributed by atoms with van der Waals surface area (Å²) in [6, 6.07) is -12.5. The summed E-state index contributed by atoms with van der Waals surface area (Å²) in [6.45, 7) is 9.18. The minimum Gasteiger partial charge on any atom is -0.481 e. The van der Waals surface area contributed by atoms with E-state index >= 15 is 0 Å². The fraction of sp³-hybridized carbons (Fsp3) is 0.690. The number of nitrogens with zero attached hydrogens (tertiary/aromatic N) is 2. The van der Waals surface area contributed by atoms with Gasteiger partial charge < -0.3 is 81.0 Å². The number of aliphatic imine (C=N–C) groups is 1. The van der Waals surface area contributed by atoms with Crippen LogP contribution in [0.3, 0.4) is 0 Å². The molecule has 0 aromatic rings. The van der Waals surface area contributed by atoms with E-state index in [2.05, 4.69) is 42.2 Å². The highest BCUT2D eigenvalue weighted by Crippen LogP contribution is 2.20.